The molecule has 1 N–H and O–H groups in total. The number of hydrogen-bond acceptors (Lipinski definition) is 1. The van der Waals surface area contributed by atoms with Crippen LogP contribution in [0, 0.1) is 35.5 Å². The first-order valence-corrected chi connectivity index (χ1v) is 8.61. The monoisotopic (exact) mass is 322 g/mol. The third-order valence-corrected chi connectivity index (χ3v) is 3.36. The molecule has 0 fully saturated rings. The molecule has 1 nitrogen and oxygen atoms in total. The molecule has 0 radical (unpaired) electrons. The van der Waals surface area contributed by atoms with E-state index in [1.165, 1.54) is 17.2 Å². The van der Waals surface area contributed by atoms with Gasteiger partial charge in [0, 0.05) is 32.1 Å². The number of hydrogen-bond donors (Lipinski definition) is 1. The summed E-state index contributed by atoms with van der Waals surface area (Å²) in [5.41, 5.74) is 2.64. The second-order valence-electron chi connectivity index (χ2n) is 5.65. The highest BCUT2D eigenvalue weighted by atomic mass is 16.3. The first-order chi connectivity index (χ1) is 11.6. The minimum Gasteiger partial charge on any atom is -0.377 e. The van der Waals surface area contributed by atoms with Gasteiger partial charge in [-0.05, 0) is 38.7 Å². The molecule has 0 aromatic heterocycles. The van der Waals surface area contributed by atoms with Crippen LogP contribution in [0.4, 0.5) is 0 Å². The van der Waals surface area contributed by atoms with E-state index in [-0.39, 0.29) is 0 Å². The van der Waals surface area contributed by atoms with Crippen molar-refractivity contribution in [3.05, 3.63) is 36.5 Å². The third-order valence-electron chi connectivity index (χ3n) is 3.36. The zero-order valence-corrected chi connectivity index (χ0v) is 15.3. The standard InChI is InChI=1S/C23H30O/c1-5-22(21(3)4)19-17-15-13-11-9-7-8-10-12-14-16-18-20-23(24)6-2/h5-6,23-24H,1-2,7-9,11,14,16-17,19H2,3-4H3. The van der Waals surface area contributed by atoms with Crippen LogP contribution in [0.2, 0.25) is 0 Å². The maximum atomic E-state index is 9.15. The molecule has 0 aliphatic heterocycles. The van der Waals surface area contributed by atoms with Gasteiger partial charge in [0.05, 0.1) is 0 Å². The van der Waals surface area contributed by atoms with Gasteiger partial charge in [0.15, 0.2) is 0 Å². The topological polar surface area (TPSA) is 20.2 Å². The van der Waals surface area contributed by atoms with Crippen molar-refractivity contribution >= 4 is 0 Å². The van der Waals surface area contributed by atoms with E-state index in [9.17, 15) is 0 Å². The minimum absolute atomic E-state index is 0.696. The van der Waals surface area contributed by atoms with Gasteiger partial charge in [0.1, 0.15) is 6.10 Å². The molecule has 0 amide bonds. The summed E-state index contributed by atoms with van der Waals surface area (Å²) in [5, 5.41) is 9.15. The van der Waals surface area contributed by atoms with E-state index in [0.717, 1.165) is 44.9 Å². The Bertz CT molecular complexity index is 583. The Morgan fingerprint density at radius 1 is 0.875 bits per heavy atom. The molecule has 0 saturated carbocycles. The Hall–Kier alpha value is -2.14. The normalized spacial score (nSPS) is 9.96. The fourth-order valence-corrected chi connectivity index (χ4v) is 1.89. The summed E-state index contributed by atoms with van der Waals surface area (Å²) >= 11 is 0. The van der Waals surface area contributed by atoms with Crippen LogP contribution in [0.15, 0.2) is 36.5 Å². The molecule has 0 aromatic rings. The fraction of sp³-hybridized carbons (Fsp3) is 0.478. The van der Waals surface area contributed by atoms with E-state index in [1.54, 1.807) is 0 Å². The molecule has 24 heavy (non-hydrogen) atoms. The van der Waals surface area contributed by atoms with Gasteiger partial charge in [-0.15, -0.1) is 23.7 Å². The highest BCUT2D eigenvalue weighted by Gasteiger charge is 1.92. The lowest BCUT2D eigenvalue weighted by molar-refractivity contribution is 0.281. The summed E-state index contributed by atoms with van der Waals surface area (Å²) in [6.45, 7) is 11.5. The van der Waals surface area contributed by atoms with Gasteiger partial charge >= 0.3 is 0 Å². The number of unbranched alkanes of at least 4 members (excludes halogenated alkanes) is 4. The second kappa shape index (κ2) is 15.7. The van der Waals surface area contributed by atoms with Crippen LogP contribution in [-0.4, -0.2) is 11.2 Å². The van der Waals surface area contributed by atoms with E-state index >= 15 is 0 Å². The van der Waals surface area contributed by atoms with Crippen molar-refractivity contribution in [1.82, 2.24) is 0 Å². The Morgan fingerprint density at radius 3 is 1.96 bits per heavy atom. The summed E-state index contributed by atoms with van der Waals surface area (Å²) in [4.78, 5) is 0. The SMILES string of the molecule is C=CC(CCC#CCCCCC#CCCC#CC(O)C=C)=C(C)C. The lowest BCUT2D eigenvalue weighted by atomic mass is 10.1. The smallest absolute Gasteiger partial charge is 0.133 e. The number of allylic oxidation sites excluding steroid dienone is 3. The molecule has 1 atom stereocenters. The Labute approximate surface area is 148 Å². The van der Waals surface area contributed by atoms with Gasteiger partial charge in [-0.2, -0.15) is 0 Å². The second-order valence-corrected chi connectivity index (χ2v) is 5.65. The Balaban J connectivity index is 3.65. The van der Waals surface area contributed by atoms with Crippen LogP contribution in [-0.2, 0) is 0 Å². The molecule has 0 saturated heterocycles. The quantitative estimate of drug-likeness (QED) is 0.282. The van der Waals surface area contributed by atoms with Crippen molar-refractivity contribution < 1.29 is 5.11 Å². The average molecular weight is 322 g/mol. The Kier molecular flexibility index (Phi) is 14.3. The van der Waals surface area contributed by atoms with Gasteiger partial charge in [0.2, 0.25) is 0 Å². The van der Waals surface area contributed by atoms with Crippen molar-refractivity contribution in [2.75, 3.05) is 0 Å². The fourth-order valence-electron chi connectivity index (χ4n) is 1.89. The average Bonchev–Trinajstić information content (AvgIpc) is 2.57. The lowest BCUT2D eigenvalue weighted by Gasteiger charge is -2.00. The summed E-state index contributed by atoms with van der Waals surface area (Å²) < 4.78 is 0. The van der Waals surface area contributed by atoms with Crippen LogP contribution in [0.25, 0.3) is 0 Å². The van der Waals surface area contributed by atoms with E-state index in [0.29, 0.717) is 6.42 Å². The van der Waals surface area contributed by atoms with E-state index in [4.69, 9.17) is 5.11 Å². The molecular formula is C23H30O. The van der Waals surface area contributed by atoms with Gasteiger partial charge in [-0.25, -0.2) is 0 Å². The van der Waals surface area contributed by atoms with Crippen LogP contribution in [0.3, 0.4) is 0 Å². The van der Waals surface area contributed by atoms with Gasteiger partial charge in [-0.1, -0.05) is 42.7 Å². The summed E-state index contributed by atoms with van der Waals surface area (Å²) in [7, 11) is 0. The number of aliphatic hydroxyl groups is 1. The molecule has 1 unspecified atom stereocenters. The Morgan fingerprint density at radius 2 is 1.42 bits per heavy atom. The first kappa shape index (κ1) is 21.9. The molecular weight excluding hydrogens is 292 g/mol. The van der Waals surface area contributed by atoms with E-state index in [1.807, 2.05) is 6.08 Å². The van der Waals surface area contributed by atoms with Crippen molar-refractivity contribution in [2.24, 2.45) is 0 Å². The zero-order valence-electron chi connectivity index (χ0n) is 15.3. The lowest BCUT2D eigenvalue weighted by Crippen LogP contribution is -1.94. The number of rotatable bonds is 8. The highest BCUT2D eigenvalue weighted by molar-refractivity contribution is 5.22. The molecule has 0 spiro atoms. The van der Waals surface area contributed by atoms with E-state index in [2.05, 4.69) is 62.5 Å². The summed E-state index contributed by atoms with van der Waals surface area (Å²) in [5.74, 6) is 18.3. The van der Waals surface area contributed by atoms with Gasteiger partial charge in [0.25, 0.3) is 0 Å². The molecule has 128 valence electrons. The van der Waals surface area contributed by atoms with Gasteiger partial charge < -0.3 is 5.11 Å². The largest absolute Gasteiger partial charge is 0.377 e. The van der Waals surface area contributed by atoms with Crippen LogP contribution < -0.4 is 0 Å². The third kappa shape index (κ3) is 13.5. The molecule has 0 aliphatic rings. The number of aliphatic hydroxyl groups excluding tert-OH is 1. The maximum absolute atomic E-state index is 9.15. The zero-order chi connectivity index (χ0) is 18.0. The van der Waals surface area contributed by atoms with Gasteiger partial charge in [-0.3, -0.25) is 0 Å². The van der Waals surface area contributed by atoms with Crippen LogP contribution in [0.5, 0.6) is 0 Å². The van der Waals surface area contributed by atoms with E-state index < -0.39 is 6.10 Å². The van der Waals surface area contributed by atoms with Crippen LogP contribution >= 0.6 is 0 Å². The molecule has 0 bridgehead atoms. The predicted molar refractivity (Wildman–Crippen MR) is 105 cm³/mol. The van der Waals surface area contributed by atoms with Crippen molar-refractivity contribution in [1.29, 1.82) is 0 Å². The molecule has 0 heterocycles. The molecule has 0 aromatic carbocycles. The van der Waals surface area contributed by atoms with Crippen molar-refractivity contribution in [3.8, 4) is 35.5 Å². The summed E-state index contributed by atoms with van der Waals surface area (Å²) in [6, 6.07) is 0. The maximum Gasteiger partial charge on any atom is 0.133 e. The first-order valence-electron chi connectivity index (χ1n) is 8.61. The van der Waals surface area contributed by atoms with Crippen molar-refractivity contribution in [3.63, 3.8) is 0 Å². The highest BCUT2D eigenvalue weighted by Crippen LogP contribution is 2.11. The van der Waals surface area contributed by atoms with Crippen molar-refractivity contribution in [2.45, 2.75) is 71.3 Å². The minimum atomic E-state index is -0.718. The molecule has 1 heteroatoms. The predicted octanol–water partition coefficient (Wildman–Crippen LogP) is 5.19. The molecule has 0 aliphatic carbocycles. The van der Waals surface area contributed by atoms with Crippen LogP contribution in [0.1, 0.15) is 65.2 Å². The summed E-state index contributed by atoms with van der Waals surface area (Å²) in [6.07, 6.45) is 10.1. The molecule has 0 rings (SSSR count).